The summed E-state index contributed by atoms with van der Waals surface area (Å²) in [6.07, 6.45) is 0.352. The Bertz CT molecular complexity index is 518. The predicted molar refractivity (Wildman–Crippen MR) is 74.5 cm³/mol. The van der Waals surface area contributed by atoms with Gasteiger partial charge in [-0.3, -0.25) is 9.59 Å². The average Bonchev–Trinajstić information content (AvgIpc) is 2.78. The van der Waals surface area contributed by atoms with E-state index >= 15 is 0 Å². The molecule has 0 spiro atoms. The summed E-state index contributed by atoms with van der Waals surface area (Å²) in [6.45, 7) is 0.170. The number of nitrogens with zero attached hydrogens (tertiary/aromatic N) is 1. The Morgan fingerprint density at radius 3 is 2.80 bits per heavy atom. The van der Waals surface area contributed by atoms with Crippen molar-refractivity contribution in [1.82, 2.24) is 4.90 Å². The molecule has 2 amide bonds. The van der Waals surface area contributed by atoms with Crippen LogP contribution >= 0.6 is 0 Å². The number of primary amides is 1. The Morgan fingerprint density at radius 2 is 2.15 bits per heavy atom. The van der Waals surface area contributed by atoms with Crippen LogP contribution in [0.5, 0.6) is 0 Å². The molecule has 2 unspecified atom stereocenters. The number of carbonyl (C=O) groups is 2. The normalized spacial score (nSPS) is 21.9. The first-order chi connectivity index (χ1) is 9.47. The molecule has 0 bridgehead atoms. The molecule has 0 aromatic heterocycles. The number of hydrogen-bond acceptors (Lipinski definition) is 4. The number of benzene rings is 1. The van der Waals surface area contributed by atoms with E-state index in [0.29, 0.717) is 12.1 Å². The number of β-amino-alcohol motifs (C(OH)–C–C–N with tert-alkyl or cyclic N) is 1. The highest BCUT2D eigenvalue weighted by atomic mass is 16.3. The fourth-order valence-electron chi connectivity index (χ4n) is 2.50. The molecule has 6 heteroatoms. The molecule has 2 atom stereocenters. The van der Waals surface area contributed by atoms with Gasteiger partial charge in [-0.25, -0.2) is 0 Å². The average molecular weight is 277 g/mol. The summed E-state index contributed by atoms with van der Waals surface area (Å²) in [5.41, 5.74) is 12.6. The fourth-order valence-corrected chi connectivity index (χ4v) is 2.50. The summed E-state index contributed by atoms with van der Waals surface area (Å²) in [5.74, 6) is -0.744. The zero-order valence-electron chi connectivity index (χ0n) is 11.2. The SMILES string of the molecule is NC(=O)C1CC(O)CN1C(=O)CCc1cccc(N)c1. The minimum absolute atomic E-state index is 0.170. The zero-order chi connectivity index (χ0) is 14.7. The van der Waals surface area contributed by atoms with E-state index in [1.54, 1.807) is 6.07 Å². The van der Waals surface area contributed by atoms with Crippen molar-refractivity contribution >= 4 is 17.5 Å². The molecule has 5 N–H and O–H groups in total. The molecule has 2 rings (SSSR count). The predicted octanol–water partition coefficient (Wildman–Crippen LogP) is -0.351. The summed E-state index contributed by atoms with van der Waals surface area (Å²) in [6, 6.07) is 6.64. The van der Waals surface area contributed by atoms with Crippen molar-refractivity contribution in [3.05, 3.63) is 29.8 Å². The van der Waals surface area contributed by atoms with Crippen LogP contribution in [-0.2, 0) is 16.0 Å². The van der Waals surface area contributed by atoms with Gasteiger partial charge in [0, 0.05) is 25.1 Å². The summed E-state index contributed by atoms with van der Waals surface area (Å²) in [7, 11) is 0. The van der Waals surface area contributed by atoms with Crippen LogP contribution in [-0.4, -0.2) is 40.5 Å². The lowest BCUT2D eigenvalue weighted by molar-refractivity contribution is -0.137. The molecule has 1 aromatic carbocycles. The van der Waals surface area contributed by atoms with E-state index in [1.165, 1.54) is 4.90 Å². The number of aryl methyl sites for hydroxylation is 1. The van der Waals surface area contributed by atoms with Crippen LogP contribution in [0, 0.1) is 0 Å². The molecule has 1 aromatic rings. The molecule has 20 heavy (non-hydrogen) atoms. The number of amides is 2. The van der Waals surface area contributed by atoms with E-state index in [4.69, 9.17) is 11.5 Å². The lowest BCUT2D eigenvalue weighted by Gasteiger charge is -2.21. The Kier molecular flexibility index (Phi) is 4.24. The standard InChI is InChI=1S/C14H19N3O3/c15-10-3-1-2-9(6-10)4-5-13(19)17-8-11(18)7-12(17)14(16)20/h1-3,6,11-12,18H,4-5,7-8,15H2,(H2,16,20). The molecule has 1 aliphatic heterocycles. The van der Waals surface area contributed by atoms with Crippen LogP contribution < -0.4 is 11.5 Å². The quantitative estimate of drug-likeness (QED) is 0.653. The number of aliphatic hydroxyl groups is 1. The van der Waals surface area contributed by atoms with Gasteiger partial charge in [0.05, 0.1) is 6.10 Å². The van der Waals surface area contributed by atoms with Crippen molar-refractivity contribution in [1.29, 1.82) is 0 Å². The summed E-state index contributed by atoms with van der Waals surface area (Å²) in [4.78, 5) is 24.8. The monoisotopic (exact) mass is 277 g/mol. The second-order valence-corrected chi connectivity index (χ2v) is 5.10. The van der Waals surface area contributed by atoms with Crippen molar-refractivity contribution < 1.29 is 14.7 Å². The van der Waals surface area contributed by atoms with E-state index in [-0.39, 0.29) is 25.3 Å². The van der Waals surface area contributed by atoms with Crippen molar-refractivity contribution in [3.63, 3.8) is 0 Å². The van der Waals surface area contributed by atoms with Gasteiger partial charge in [0.25, 0.3) is 0 Å². The number of nitrogen functional groups attached to an aromatic ring is 1. The smallest absolute Gasteiger partial charge is 0.240 e. The van der Waals surface area contributed by atoms with Gasteiger partial charge in [-0.1, -0.05) is 12.1 Å². The second kappa shape index (κ2) is 5.92. The van der Waals surface area contributed by atoms with Gasteiger partial charge < -0.3 is 21.5 Å². The minimum atomic E-state index is -0.696. The third kappa shape index (κ3) is 3.27. The highest BCUT2D eigenvalue weighted by Gasteiger charge is 2.37. The van der Waals surface area contributed by atoms with Crippen LogP contribution in [0.25, 0.3) is 0 Å². The number of rotatable bonds is 4. The van der Waals surface area contributed by atoms with Gasteiger partial charge in [-0.05, 0) is 24.1 Å². The van der Waals surface area contributed by atoms with Crippen molar-refractivity contribution in [2.75, 3.05) is 12.3 Å². The first kappa shape index (κ1) is 14.3. The van der Waals surface area contributed by atoms with Crippen LogP contribution in [0.4, 0.5) is 5.69 Å². The fraction of sp³-hybridized carbons (Fsp3) is 0.429. The molecule has 0 radical (unpaired) electrons. The van der Waals surface area contributed by atoms with Gasteiger partial charge in [0.15, 0.2) is 0 Å². The number of carbonyl (C=O) groups excluding carboxylic acids is 2. The van der Waals surface area contributed by atoms with E-state index in [2.05, 4.69) is 0 Å². The Hall–Kier alpha value is -2.08. The molecule has 0 aliphatic carbocycles. The number of hydrogen-bond donors (Lipinski definition) is 3. The van der Waals surface area contributed by atoms with E-state index in [9.17, 15) is 14.7 Å². The Balaban J connectivity index is 1.96. The van der Waals surface area contributed by atoms with Gasteiger partial charge >= 0.3 is 0 Å². The van der Waals surface area contributed by atoms with Crippen LogP contribution in [0.1, 0.15) is 18.4 Å². The van der Waals surface area contributed by atoms with Crippen LogP contribution in [0.2, 0.25) is 0 Å². The second-order valence-electron chi connectivity index (χ2n) is 5.10. The van der Waals surface area contributed by atoms with E-state index in [1.807, 2.05) is 18.2 Å². The van der Waals surface area contributed by atoms with Gasteiger partial charge in [0.2, 0.25) is 11.8 Å². The maximum atomic E-state index is 12.1. The van der Waals surface area contributed by atoms with Crippen molar-refractivity contribution in [2.24, 2.45) is 5.73 Å². The molecule has 1 aliphatic rings. The molecule has 1 saturated heterocycles. The van der Waals surface area contributed by atoms with E-state index in [0.717, 1.165) is 5.56 Å². The number of anilines is 1. The summed E-state index contributed by atoms with van der Waals surface area (Å²) >= 11 is 0. The van der Waals surface area contributed by atoms with Crippen LogP contribution in [0.3, 0.4) is 0 Å². The molecule has 1 fully saturated rings. The van der Waals surface area contributed by atoms with Crippen molar-refractivity contribution in [3.8, 4) is 0 Å². The summed E-state index contributed by atoms with van der Waals surface area (Å²) < 4.78 is 0. The minimum Gasteiger partial charge on any atom is -0.399 e. The number of likely N-dealkylation sites (tertiary alicyclic amines) is 1. The third-order valence-electron chi connectivity index (χ3n) is 3.51. The maximum Gasteiger partial charge on any atom is 0.240 e. The lowest BCUT2D eigenvalue weighted by Crippen LogP contribution is -2.43. The van der Waals surface area contributed by atoms with Gasteiger partial charge in [-0.15, -0.1) is 0 Å². The Morgan fingerprint density at radius 1 is 1.40 bits per heavy atom. The van der Waals surface area contributed by atoms with E-state index < -0.39 is 18.1 Å². The zero-order valence-corrected chi connectivity index (χ0v) is 11.2. The summed E-state index contributed by atoms with van der Waals surface area (Å²) in [5, 5.41) is 9.57. The van der Waals surface area contributed by atoms with Gasteiger partial charge in [-0.2, -0.15) is 0 Å². The highest BCUT2D eigenvalue weighted by Crippen LogP contribution is 2.19. The molecule has 108 valence electrons. The van der Waals surface area contributed by atoms with Crippen molar-refractivity contribution in [2.45, 2.75) is 31.4 Å². The maximum absolute atomic E-state index is 12.1. The number of nitrogens with two attached hydrogens (primary N) is 2. The first-order valence-corrected chi connectivity index (χ1v) is 6.58. The largest absolute Gasteiger partial charge is 0.399 e. The highest BCUT2D eigenvalue weighted by molar-refractivity contribution is 5.87. The Labute approximate surface area is 117 Å². The third-order valence-corrected chi connectivity index (χ3v) is 3.51. The molecule has 1 heterocycles. The van der Waals surface area contributed by atoms with Gasteiger partial charge in [0.1, 0.15) is 6.04 Å². The lowest BCUT2D eigenvalue weighted by atomic mass is 10.1. The molecular weight excluding hydrogens is 258 g/mol. The van der Waals surface area contributed by atoms with Crippen LogP contribution in [0.15, 0.2) is 24.3 Å². The molecular formula is C14H19N3O3. The topological polar surface area (TPSA) is 110 Å². The first-order valence-electron chi connectivity index (χ1n) is 6.58. The number of aliphatic hydroxyl groups excluding tert-OH is 1. The molecule has 0 saturated carbocycles. The molecule has 6 nitrogen and oxygen atoms in total.